The summed E-state index contributed by atoms with van der Waals surface area (Å²) < 4.78 is 68.5. The molecule has 0 aliphatic carbocycles. The second-order valence-corrected chi connectivity index (χ2v) is 30.3. The van der Waals surface area contributed by atoms with Crippen molar-refractivity contribution in [3.8, 4) is 0 Å². The molecule has 5 atom stereocenters. The summed E-state index contributed by atoms with van der Waals surface area (Å²) >= 11 is 0. The summed E-state index contributed by atoms with van der Waals surface area (Å²) in [5.74, 6) is -2.11. The summed E-state index contributed by atoms with van der Waals surface area (Å²) in [4.78, 5) is 72.7. The Hall–Kier alpha value is -1.94. The highest BCUT2D eigenvalue weighted by Crippen LogP contribution is 2.45. The molecular weight excluding hydrogens is 1250 g/mol. The fraction of sp³-hybridized carbons (Fsp3) is 0.947. The molecule has 0 bridgehead atoms. The summed E-state index contributed by atoms with van der Waals surface area (Å²) in [6.07, 6.45) is 61.1. The van der Waals surface area contributed by atoms with Crippen molar-refractivity contribution in [3.05, 3.63) is 0 Å². The van der Waals surface area contributed by atoms with Crippen LogP contribution >= 0.6 is 15.6 Å². The molecule has 0 aromatic rings. The Morgan fingerprint density at radius 3 is 0.621 bits per heavy atom. The van der Waals surface area contributed by atoms with Crippen LogP contribution in [0.1, 0.15) is 407 Å². The second kappa shape index (κ2) is 70.5. The maximum absolute atomic E-state index is 13.1. The van der Waals surface area contributed by atoms with Crippen molar-refractivity contribution in [3.63, 3.8) is 0 Å². The molecule has 0 radical (unpaired) electrons. The van der Waals surface area contributed by atoms with E-state index in [4.69, 9.17) is 37.0 Å². The Balaban J connectivity index is 5.18. The highest BCUT2D eigenvalue weighted by Gasteiger charge is 2.30. The van der Waals surface area contributed by atoms with E-state index in [1.807, 2.05) is 0 Å². The molecule has 19 heteroatoms. The lowest BCUT2D eigenvalue weighted by Crippen LogP contribution is -2.30. The Bertz CT molecular complexity index is 1810. The monoisotopic (exact) mass is 1400 g/mol. The van der Waals surface area contributed by atoms with Gasteiger partial charge in [-0.15, -0.1) is 0 Å². The zero-order valence-electron chi connectivity index (χ0n) is 61.6. The van der Waals surface area contributed by atoms with E-state index in [0.717, 1.165) is 89.9 Å². The van der Waals surface area contributed by atoms with Crippen molar-refractivity contribution in [1.82, 2.24) is 0 Å². The van der Waals surface area contributed by atoms with E-state index in [1.54, 1.807) is 0 Å². The maximum Gasteiger partial charge on any atom is 0.472 e. The Morgan fingerprint density at radius 1 is 0.253 bits per heavy atom. The largest absolute Gasteiger partial charge is 0.472 e. The van der Waals surface area contributed by atoms with Gasteiger partial charge in [-0.25, -0.2) is 9.13 Å². The molecule has 0 heterocycles. The molecule has 2 unspecified atom stereocenters. The van der Waals surface area contributed by atoms with Crippen molar-refractivity contribution >= 4 is 39.5 Å². The smallest absolute Gasteiger partial charge is 0.462 e. The number of rotatable bonds is 77. The molecule has 0 aromatic heterocycles. The molecule has 0 amide bonds. The summed E-state index contributed by atoms with van der Waals surface area (Å²) in [6, 6.07) is 0. The number of aliphatic hydroxyl groups is 1. The average Bonchev–Trinajstić information content (AvgIpc) is 2.59. The van der Waals surface area contributed by atoms with Crippen LogP contribution in [0.25, 0.3) is 0 Å². The molecular formula is C76H148O17P2. The molecule has 95 heavy (non-hydrogen) atoms. The first-order chi connectivity index (χ1) is 46.2. The lowest BCUT2D eigenvalue weighted by atomic mass is 10.0. The molecule has 564 valence electrons. The van der Waals surface area contributed by atoms with Crippen LogP contribution in [-0.4, -0.2) is 96.7 Å². The number of ether oxygens (including phenoxy) is 4. The average molecular weight is 1400 g/mol. The van der Waals surface area contributed by atoms with E-state index in [9.17, 15) is 43.2 Å². The van der Waals surface area contributed by atoms with Crippen LogP contribution in [0.5, 0.6) is 0 Å². The lowest BCUT2D eigenvalue weighted by Gasteiger charge is -2.21. The minimum absolute atomic E-state index is 0.107. The van der Waals surface area contributed by atoms with E-state index in [1.165, 1.54) is 238 Å². The first kappa shape index (κ1) is 93.1. The van der Waals surface area contributed by atoms with Crippen molar-refractivity contribution in [1.29, 1.82) is 0 Å². The zero-order chi connectivity index (χ0) is 69.7. The van der Waals surface area contributed by atoms with Gasteiger partial charge in [0.25, 0.3) is 0 Å². The van der Waals surface area contributed by atoms with Gasteiger partial charge in [0.05, 0.1) is 26.4 Å². The van der Waals surface area contributed by atoms with Crippen LogP contribution in [0.15, 0.2) is 0 Å². The van der Waals surface area contributed by atoms with Crippen molar-refractivity contribution in [2.24, 2.45) is 0 Å². The fourth-order valence-electron chi connectivity index (χ4n) is 11.8. The second-order valence-electron chi connectivity index (χ2n) is 27.4. The quantitative estimate of drug-likeness (QED) is 0.0222. The lowest BCUT2D eigenvalue weighted by molar-refractivity contribution is -0.161. The molecule has 0 saturated heterocycles. The highest BCUT2D eigenvalue weighted by molar-refractivity contribution is 7.47. The van der Waals surface area contributed by atoms with Gasteiger partial charge in [-0.3, -0.25) is 37.3 Å². The SMILES string of the molecule is CCCCCCCCCCCCCCCCCCCCCCCC(=O)O[C@H](COC(=O)CCCCCCCCCCCCCCCC)COP(=O)(O)OC[C@@H](O)COP(=O)(O)OC[C@@H](COC(=O)CCCCCCCCCCCC)OC(=O)CCCCCCCCCCCC. The molecule has 3 N–H and O–H groups in total. The summed E-state index contributed by atoms with van der Waals surface area (Å²) in [5, 5.41) is 10.6. The van der Waals surface area contributed by atoms with Crippen LogP contribution in [0, 0.1) is 0 Å². The number of phosphoric acid groups is 2. The predicted octanol–water partition coefficient (Wildman–Crippen LogP) is 22.6. The summed E-state index contributed by atoms with van der Waals surface area (Å²) in [7, 11) is -9.90. The standard InChI is InChI=1S/C76H148O17P2/c1-5-9-13-17-21-25-29-31-33-34-35-36-37-38-39-41-43-47-51-55-59-63-76(81)93-72(67-87-74(79)61-57-53-49-46-42-40-32-30-26-22-18-14-10-6-2)69-91-95(84,85)89-65-70(77)64-88-94(82,83)90-68-71(92-75(80)62-58-54-50-45-28-24-20-16-12-8-4)66-86-73(78)60-56-52-48-44-27-23-19-15-11-7-3/h70-72,77H,5-69H2,1-4H3,(H,82,83)(H,84,85)/t70-,71+,72+/m0/s1. The molecule has 0 fully saturated rings. The predicted molar refractivity (Wildman–Crippen MR) is 386 cm³/mol. The van der Waals surface area contributed by atoms with Gasteiger partial charge in [0.2, 0.25) is 0 Å². The van der Waals surface area contributed by atoms with E-state index < -0.39 is 97.5 Å². The van der Waals surface area contributed by atoms with Crippen LogP contribution < -0.4 is 0 Å². The molecule has 0 spiro atoms. The van der Waals surface area contributed by atoms with E-state index in [2.05, 4.69) is 27.7 Å². The van der Waals surface area contributed by atoms with Crippen LogP contribution in [-0.2, 0) is 65.4 Å². The van der Waals surface area contributed by atoms with Gasteiger partial charge in [0.15, 0.2) is 12.2 Å². The van der Waals surface area contributed by atoms with E-state index in [0.29, 0.717) is 25.7 Å². The molecule has 0 aromatic carbocycles. The third-order valence-electron chi connectivity index (χ3n) is 17.9. The molecule has 0 aliphatic heterocycles. The third-order valence-corrected chi connectivity index (χ3v) is 19.8. The van der Waals surface area contributed by atoms with Gasteiger partial charge in [-0.1, -0.05) is 355 Å². The van der Waals surface area contributed by atoms with Gasteiger partial charge in [-0.2, -0.15) is 0 Å². The topological polar surface area (TPSA) is 237 Å². The van der Waals surface area contributed by atoms with Crippen molar-refractivity contribution < 1.29 is 80.2 Å². The fourth-order valence-corrected chi connectivity index (χ4v) is 13.3. The van der Waals surface area contributed by atoms with E-state index >= 15 is 0 Å². The van der Waals surface area contributed by atoms with Gasteiger partial charge < -0.3 is 33.8 Å². The number of unbranched alkanes of at least 4 members (excludes halogenated alkanes) is 51. The Labute approximate surface area is 581 Å². The number of hydrogen-bond donors (Lipinski definition) is 3. The summed E-state index contributed by atoms with van der Waals surface area (Å²) in [5.41, 5.74) is 0. The number of carbonyl (C=O) groups is 4. The van der Waals surface area contributed by atoms with Crippen LogP contribution in [0.2, 0.25) is 0 Å². The normalized spacial score (nSPS) is 13.9. The van der Waals surface area contributed by atoms with Crippen molar-refractivity contribution in [2.75, 3.05) is 39.6 Å². The molecule has 0 aliphatic rings. The van der Waals surface area contributed by atoms with E-state index in [-0.39, 0.29) is 25.7 Å². The highest BCUT2D eigenvalue weighted by atomic mass is 31.2. The van der Waals surface area contributed by atoms with Gasteiger partial charge in [0, 0.05) is 25.7 Å². The number of phosphoric ester groups is 2. The Kier molecular flexibility index (Phi) is 69.1. The first-order valence-corrected chi connectivity index (χ1v) is 42.8. The van der Waals surface area contributed by atoms with Crippen LogP contribution in [0.3, 0.4) is 0 Å². The van der Waals surface area contributed by atoms with Crippen LogP contribution in [0.4, 0.5) is 0 Å². The minimum Gasteiger partial charge on any atom is -0.462 e. The van der Waals surface area contributed by atoms with Gasteiger partial charge in [0.1, 0.15) is 19.3 Å². The number of esters is 4. The molecule has 17 nitrogen and oxygen atoms in total. The third kappa shape index (κ3) is 70.3. The zero-order valence-corrected chi connectivity index (χ0v) is 63.4. The minimum atomic E-state index is -4.96. The molecule has 0 saturated carbocycles. The number of hydrogen-bond acceptors (Lipinski definition) is 15. The number of carbonyl (C=O) groups excluding carboxylic acids is 4. The van der Waals surface area contributed by atoms with Gasteiger partial charge >= 0.3 is 39.5 Å². The molecule has 0 rings (SSSR count). The van der Waals surface area contributed by atoms with Crippen molar-refractivity contribution in [2.45, 2.75) is 425 Å². The first-order valence-electron chi connectivity index (χ1n) is 39.8. The Morgan fingerprint density at radius 2 is 0.421 bits per heavy atom. The maximum atomic E-state index is 13.1. The number of aliphatic hydroxyl groups excluding tert-OH is 1. The van der Waals surface area contributed by atoms with Gasteiger partial charge in [-0.05, 0) is 25.7 Å². The summed E-state index contributed by atoms with van der Waals surface area (Å²) in [6.45, 7) is 4.97.